The van der Waals surface area contributed by atoms with E-state index in [0.29, 0.717) is 6.04 Å². The van der Waals surface area contributed by atoms with Crippen LogP contribution in [0.25, 0.3) is 0 Å². The standard InChI is InChI=1S/C11H24N2/c1-4-6-10(12-5-2)9-13(3)11-7-8-11/h10-12H,4-9H2,1-3H3. The molecule has 1 N–H and O–H groups in total. The number of rotatable bonds is 7. The Morgan fingerprint density at radius 1 is 1.38 bits per heavy atom. The van der Waals surface area contributed by atoms with Crippen molar-refractivity contribution in [2.75, 3.05) is 20.1 Å². The highest BCUT2D eigenvalue weighted by molar-refractivity contribution is 4.84. The molecule has 0 heterocycles. The van der Waals surface area contributed by atoms with Gasteiger partial charge in [0.15, 0.2) is 0 Å². The van der Waals surface area contributed by atoms with Crippen molar-refractivity contribution in [1.82, 2.24) is 10.2 Å². The summed E-state index contributed by atoms with van der Waals surface area (Å²) in [7, 11) is 2.26. The topological polar surface area (TPSA) is 15.3 Å². The van der Waals surface area contributed by atoms with E-state index in [1.807, 2.05) is 0 Å². The predicted octanol–water partition coefficient (Wildman–Crippen LogP) is 1.86. The Bertz CT molecular complexity index is 126. The van der Waals surface area contributed by atoms with Gasteiger partial charge in [-0.3, -0.25) is 0 Å². The van der Waals surface area contributed by atoms with Crippen molar-refractivity contribution in [2.45, 2.75) is 51.6 Å². The maximum Gasteiger partial charge on any atom is 0.0194 e. The molecular formula is C11H24N2. The first-order chi connectivity index (χ1) is 6.27. The SMILES string of the molecule is CCCC(CN(C)C1CC1)NCC. The van der Waals surface area contributed by atoms with Gasteiger partial charge in [0.05, 0.1) is 0 Å². The van der Waals surface area contributed by atoms with E-state index < -0.39 is 0 Å². The molecule has 0 saturated heterocycles. The zero-order valence-corrected chi connectivity index (χ0v) is 9.34. The largest absolute Gasteiger partial charge is 0.313 e. The van der Waals surface area contributed by atoms with Gasteiger partial charge in [0.2, 0.25) is 0 Å². The molecule has 2 nitrogen and oxygen atoms in total. The van der Waals surface area contributed by atoms with Crippen LogP contribution in [0.1, 0.15) is 39.5 Å². The van der Waals surface area contributed by atoms with E-state index in [0.717, 1.165) is 12.6 Å². The van der Waals surface area contributed by atoms with Crippen LogP contribution in [-0.2, 0) is 0 Å². The molecule has 1 aliphatic carbocycles. The number of nitrogens with zero attached hydrogens (tertiary/aromatic N) is 1. The van der Waals surface area contributed by atoms with Crippen LogP contribution in [0.15, 0.2) is 0 Å². The van der Waals surface area contributed by atoms with Gasteiger partial charge in [-0.05, 0) is 32.9 Å². The fourth-order valence-corrected chi connectivity index (χ4v) is 1.91. The maximum atomic E-state index is 3.56. The van der Waals surface area contributed by atoms with Crippen molar-refractivity contribution >= 4 is 0 Å². The minimum absolute atomic E-state index is 0.709. The monoisotopic (exact) mass is 184 g/mol. The molecule has 0 bridgehead atoms. The molecule has 1 atom stereocenters. The van der Waals surface area contributed by atoms with E-state index in [4.69, 9.17) is 0 Å². The highest BCUT2D eigenvalue weighted by Gasteiger charge is 2.27. The number of nitrogens with one attached hydrogen (secondary N) is 1. The average Bonchev–Trinajstić information content (AvgIpc) is 2.87. The third kappa shape index (κ3) is 4.10. The molecule has 1 fully saturated rings. The molecule has 2 heteroatoms. The van der Waals surface area contributed by atoms with Crippen molar-refractivity contribution in [1.29, 1.82) is 0 Å². The molecule has 0 aromatic carbocycles. The lowest BCUT2D eigenvalue weighted by molar-refractivity contribution is 0.273. The summed E-state index contributed by atoms with van der Waals surface area (Å²) in [5.74, 6) is 0. The zero-order chi connectivity index (χ0) is 9.68. The smallest absolute Gasteiger partial charge is 0.0194 e. The third-order valence-corrected chi connectivity index (χ3v) is 2.81. The van der Waals surface area contributed by atoms with Gasteiger partial charge < -0.3 is 10.2 Å². The number of likely N-dealkylation sites (N-methyl/N-ethyl adjacent to an activating group) is 2. The summed E-state index contributed by atoms with van der Waals surface area (Å²) in [5, 5.41) is 3.56. The van der Waals surface area contributed by atoms with Crippen LogP contribution >= 0.6 is 0 Å². The molecule has 1 unspecified atom stereocenters. The van der Waals surface area contributed by atoms with Crippen LogP contribution in [0.2, 0.25) is 0 Å². The van der Waals surface area contributed by atoms with Gasteiger partial charge in [0.1, 0.15) is 0 Å². The summed E-state index contributed by atoms with van der Waals surface area (Å²) in [6.45, 7) is 6.79. The summed E-state index contributed by atoms with van der Waals surface area (Å²) < 4.78 is 0. The predicted molar refractivity (Wildman–Crippen MR) is 58.0 cm³/mol. The molecule has 0 aromatic rings. The normalized spacial score (nSPS) is 19.4. The van der Waals surface area contributed by atoms with Gasteiger partial charge in [0.25, 0.3) is 0 Å². The molecule has 0 aromatic heterocycles. The quantitative estimate of drug-likeness (QED) is 0.649. The lowest BCUT2D eigenvalue weighted by Gasteiger charge is -2.24. The van der Waals surface area contributed by atoms with Gasteiger partial charge in [-0.15, -0.1) is 0 Å². The summed E-state index contributed by atoms with van der Waals surface area (Å²) >= 11 is 0. The van der Waals surface area contributed by atoms with Gasteiger partial charge in [-0.2, -0.15) is 0 Å². The Morgan fingerprint density at radius 3 is 2.54 bits per heavy atom. The molecule has 0 radical (unpaired) electrons. The van der Waals surface area contributed by atoms with Crippen LogP contribution < -0.4 is 5.32 Å². The molecule has 13 heavy (non-hydrogen) atoms. The van der Waals surface area contributed by atoms with E-state index in [2.05, 4.69) is 31.1 Å². The average molecular weight is 184 g/mol. The molecule has 0 spiro atoms. The minimum Gasteiger partial charge on any atom is -0.313 e. The first-order valence-electron chi connectivity index (χ1n) is 5.71. The molecule has 1 rings (SSSR count). The van der Waals surface area contributed by atoms with Crippen molar-refractivity contribution < 1.29 is 0 Å². The third-order valence-electron chi connectivity index (χ3n) is 2.81. The number of hydrogen-bond acceptors (Lipinski definition) is 2. The van der Waals surface area contributed by atoms with Gasteiger partial charge >= 0.3 is 0 Å². The summed E-state index contributed by atoms with van der Waals surface area (Å²) in [4.78, 5) is 2.52. The van der Waals surface area contributed by atoms with Crippen molar-refractivity contribution in [2.24, 2.45) is 0 Å². The molecule has 0 amide bonds. The van der Waals surface area contributed by atoms with Crippen LogP contribution in [0.5, 0.6) is 0 Å². The Kier molecular flexibility index (Phi) is 4.74. The first-order valence-corrected chi connectivity index (χ1v) is 5.71. The summed E-state index contributed by atoms with van der Waals surface area (Å²) in [6.07, 6.45) is 5.43. The minimum atomic E-state index is 0.709. The highest BCUT2D eigenvalue weighted by atomic mass is 15.2. The maximum absolute atomic E-state index is 3.56. The van der Waals surface area contributed by atoms with Crippen LogP contribution in [0.3, 0.4) is 0 Å². The second kappa shape index (κ2) is 5.61. The van der Waals surface area contributed by atoms with E-state index in [1.165, 1.54) is 32.2 Å². The molecule has 1 aliphatic rings. The first kappa shape index (κ1) is 11.0. The van der Waals surface area contributed by atoms with Crippen LogP contribution in [-0.4, -0.2) is 37.1 Å². The molecule has 78 valence electrons. The Hall–Kier alpha value is -0.0800. The number of hydrogen-bond donors (Lipinski definition) is 1. The van der Waals surface area contributed by atoms with E-state index >= 15 is 0 Å². The van der Waals surface area contributed by atoms with Crippen molar-refractivity contribution in [3.8, 4) is 0 Å². The lowest BCUT2D eigenvalue weighted by atomic mass is 10.1. The fraction of sp³-hybridized carbons (Fsp3) is 1.00. The Morgan fingerprint density at radius 2 is 2.08 bits per heavy atom. The van der Waals surface area contributed by atoms with Gasteiger partial charge in [0, 0.05) is 18.6 Å². The second-order valence-corrected chi connectivity index (χ2v) is 4.21. The summed E-state index contributed by atoms with van der Waals surface area (Å²) in [6, 6.07) is 1.61. The van der Waals surface area contributed by atoms with E-state index in [-0.39, 0.29) is 0 Å². The molecule has 1 saturated carbocycles. The summed E-state index contributed by atoms with van der Waals surface area (Å²) in [5.41, 5.74) is 0. The second-order valence-electron chi connectivity index (χ2n) is 4.21. The van der Waals surface area contributed by atoms with Crippen LogP contribution in [0, 0.1) is 0 Å². The highest BCUT2D eigenvalue weighted by Crippen LogP contribution is 2.25. The van der Waals surface area contributed by atoms with E-state index in [9.17, 15) is 0 Å². The van der Waals surface area contributed by atoms with Crippen molar-refractivity contribution in [3.05, 3.63) is 0 Å². The van der Waals surface area contributed by atoms with E-state index in [1.54, 1.807) is 0 Å². The van der Waals surface area contributed by atoms with Gasteiger partial charge in [-0.25, -0.2) is 0 Å². The van der Waals surface area contributed by atoms with Crippen LogP contribution in [0.4, 0.5) is 0 Å². The Balaban J connectivity index is 2.18. The molecular weight excluding hydrogens is 160 g/mol. The van der Waals surface area contributed by atoms with Gasteiger partial charge in [-0.1, -0.05) is 20.3 Å². The molecule has 0 aliphatic heterocycles. The zero-order valence-electron chi connectivity index (χ0n) is 9.34. The Labute approximate surface area is 82.7 Å². The van der Waals surface area contributed by atoms with Crippen molar-refractivity contribution in [3.63, 3.8) is 0 Å². The lowest BCUT2D eigenvalue weighted by Crippen LogP contribution is -2.40. The fourth-order valence-electron chi connectivity index (χ4n) is 1.91.